The molecule has 25 heavy (non-hydrogen) atoms. The molecule has 1 N–H and O–H groups in total. The summed E-state index contributed by atoms with van der Waals surface area (Å²) in [7, 11) is 1.71. The lowest BCUT2D eigenvalue weighted by atomic mass is 10.1. The molecule has 0 saturated carbocycles. The lowest BCUT2D eigenvalue weighted by Gasteiger charge is -2.24. The van der Waals surface area contributed by atoms with Gasteiger partial charge in [0.2, 0.25) is 5.91 Å². The maximum Gasteiger partial charge on any atom is 0.416 e. The molecule has 0 aliphatic heterocycles. The summed E-state index contributed by atoms with van der Waals surface area (Å²) >= 11 is 0. The van der Waals surface area contributed by atoms with Crippen LogP contribution in [0.2, 0.25) is 0 Å². The van der Waals surface area contributed by atoms with Gasteiger partial charge in [-0.2, -0.15) is 13.2 Å². The minimum atomic E-state index is -4.47. The van der Waals surface area contributed by atoms with Gasteiger partial charge in [-0.15, -0.1) is 0 Å². The largest absolute Gasteiger partial charge is 0.416 e. The number of nitrogens with one attached hydrogen (secondary N) is 1. The highest BCUT2D eigenvalue weighted by Crippen LogP contribution is 2.30. The summed E-state index contributed by atoms with van der Waals surface area (Å²) in [6.45, 7) is 2.05. The molecule has 0 unspecified atom stereocenters. The Hall–Kier alpha value is -2.41. The number of hydrogen-bond donors (Lipinski definition) is 1. The molecule has 0 fully saturated rings. The molecule has 0 aliphatic carbocycles. The van der Waals surface area contributed by atoms with Crippen molar-refractivity contribution in [2.75, 3.05) is 12.4 Å². The molecule has 2 aromatic rings. The van der Waals surface area contributed by atoms with Crippen LogP contribution in [-0.4, -0.2) is 23.9 Å². The van der Waals surface area contributed by atoms with E-state index in [1.807, 2.05) is 0 Å². The van der Waals surface area contributed by atoms with E-state index < -0.39 is 23.7 Å². The van der Waals surface area contributed by atoms with Crippen LogP contribution in [-0.2, 0) is 17.5 Å². The van der Waals surface area contributed by atoms with Gasteiger partial charge in [-0.3, -0.25) is 9.69 Å². The first-order valence-corrected chi connectivity index (χ1v) is 7.59. The summed E-state index contributed by atoms with van der Waals surface area (Å²) in [5, 5.41) is 2.49. The monoisotopic (exact) mass is 354 g/mol. The summed E-state index contributed by atoms with van der Waals surface area (Å²) in [6, 6.07) is 9.79. The van der Waals surface area contributed by atoms with Crippen molar-refractivity contribution in [3.8, 4) is 0 Å². The quantitative estimate of drug-likeness (QED) is 0.812. The Balaban J connectivity index is 2.01. The molecule has 2 rings (SSSR count). The van der Waals surface area contributed by atoms with Gasteiger partial charge < -0.3 is 5.32 Å². The number of anilines is 1. The maximum atomic E-state index is 12.9. The number of amides is 1. The second-order valence-corrected chi connectivity index (χ2v) is 5.79. The van der Waals surface area contributed by atoms with Gasteiger partial charge in [0.1, 0.15) is 5.82 Å². The number of alkyl halides is 3. The highest BCUT2D eigenvalue weighted by molar-refractivity contribution is 5.94. The molecule has 2 aromatic carbocycles. The van der Waals surface area contributed by atoms with Gasteiger partial charge in [0.05, 0.1) is 11.6 Å². The van der Waals surface area contributed by atoms with Gasteiger partial charge in [-0.25, -0.2) is 4.39 Å². The Labute approximate surface area is 143 Å². The van der Waals surface area contributed by atoms with E-state index >= 15 is 0 Å². The highest BCUT2D eigenvalue weighted by Gasteiger charge is 2.30. The molecule has 0 bridgehead atoms. The van der Waals surface area contributed by atoms with E-state index in [1.54, 1.807) is 31.0 Å². The predicted molar refractivity (Wildman–Crippen MR) is 87.4 cm³/mol. The zero-order valence-electron chi connectivity index (χ0n) is 13.8. The van der Waals surface area contributed by atoms with Crippen LogP contribution in [0.15, 0.2) is 48.5 Å². The molecule has 0 aromatic heterocycles. The number of likely N-dealkylation sites (N-methyl/N-ethyl adjacent to an activating group) is 1. The van der Waals surface area contributed by atoms with Crippen molar-refractivity contribution in [2.45, 2.75) is 25.7 Å². The van der Waals surface area contributed by atoms with Crippen LogP contribution >= 0.6 is 0 Å². The van der Waals surface area contributed by atoms with Crippen molar-refractivity contribution in [1.29, 1.82) is 0 Å². The second-order valence-electron chi connectivity index (χ2n) is 5.79. The molecule has 3 nitrogen and oxygen atoms in total. The average Bonchev–Trinajstić information content (AvgIpc) is 2.55. The minimum Gasteiger partial charge on any atom is -0.325 e. The van der Waals surface area contributed by atoms with E-state index in [9.17, 15) is 22.4 Å². The topological polar surface area (TPSA) is 32.3 Å². The smallest absolute Gasteiger partial charge is 0.325 e. The van der Waals surface area contributed by atoms with Crippen LogP contribution in [0.4, 0.5) is 23.2 Å². The first kappa shape index (κ1) is 18.9. The van der Waals surface area contributed by atoms with Gasteiger partial charge in [0, 0.05) is 12.2 Å². The zero-order valence-corrected chi connectivity index (χ0v) is 13.8. The predicted octanol–water partition coefficient (Wildman–Crippen LogP) is 4.30. The van der Waals surface area contributed by atoms with E-state index in [1.165, 1.54) is 24.3 Å². The molecule has 1 amide bonds. The number of carbonyl (C=O) groups excluding carboxylic acids is 1. The van der Waals surface area contributed by atoms with Gasteiger partial charge >= 0.3 is 6.18 Å². The number of nitrogens with zero attached hydrogens (tertiary/aromatic N) is 1. The van der Waals surface area contributed by atoms with Crippen molar-refractivity contribution < 1.29 is 22.4 Å². The Morgan fingerprint density at radius 2 is 1.80 bits per heavy atom. The minimum absolute atomic E-state index is 0.0851. The Morgan fingerprint density at radius 1 is 1.16 bits per heavy atom. The summed E-state index contributed by atoms with van der Waals surface area (Å²) in [4.78, 5) is 14.0. The third-order valence-corrected chi connectivity index (χ3v) is 3.84. The van der Waals surface area contributed by atoms with Gasteiger partial charge in [0.25, 0.3) is 0 Å². The molecule has 0 heterocycles. The summed E-state index contributed by atoms with van der Waals surface area (Å²) in [6.07, 6.45) is -4.47. The summed E-state index contributed by atoms with van der Waals surface area (Å²) < 4.78 is 51.1. The highest BCUT2D eigenvalue weighted by atomic mass is 19.4. The van der Waals surface area contributed by atoms with E-state index in [2.05, 4.69) is 5.32 Å². The molecule has 0 saturated heterocycles. The van der Waals surface area contributed by atoms with E-state index in [0.29, 0.717) is 6.54 Å². The Morgan fingerprint density at radius 3 is 2.40 bits per heavy atom. The molecular formula is C18H18F4N2O. The average molecular weight is 354 g/mol. The van der Waals surface area contributed by atoms with Crippen LogP contribution in [0.3, 0.4) is 0 Å². The number of rotatable bonds is 5. The van der Waals surface area contributed by atoms with Gasteiger partial charge in [0.15, 0.2) is 0 Å². The van der Waals surface area contributed by atoms with Gasteiger partial charge in [-0.05, 0) is 49.9 Å². The molecular weight excluding hydrogens is 336 g/mol. The fourth-order valence-electron chi connectivity index (χ4n) is 2.23. The number of hydrogen-bond acceptors (Lipinski definition) is 2. The van der Waals surface area contributed by atoms with Crippen LogP contribution in [0, 0.1) is 5.82 Å². The van der Waals surface area contributed by atoms with Crippen LogP contribution in [0.25, 0.3) is 0 Å². The molecule has 0 spiro atoms. The fourth-order valence-corrected chi connectivity index (χ4v) is 2.23. The SMILES string of the molecule is C[C@H](C(=O)Nc1cccc(C(F)(F)F)c1)N(C)Cc1ccc(F)cc1. The first-order chi connectivity index (χ1) is 11.7. The molecule has 134 valence electrons. The number of halogens is 4. The van der Waals surface area contributed by atoms with Crippen molar-refractivity contribution in [2.24, 2.45) is 0 Å². The molecule has 0 radical (unpaired) electrons. The van der Waals surface area contributed by atoms with E-state index in [-0.39, 0.29) is 11.5 Å². The fraction of sp³-hybridized carbons (Fsp3) is 0.278. The molecule has 0 aliphatic rings. The van der Waals surface area contributed by atoms with Crippen molar-refractivity contribution >= 4 is 11.6 Å². The first-order valence-electron chi connectivity index (χ1n) is 7.59. The Bertz CT molecular complexity index is 729. The number of carbonyl (C=O) groups is 1. The third kappa shape index (κ3) is 5.29. The van der Waals surface area contributed by atoms with Gasteiger partial charge in [-0.1, -0.05) is 18.2 Å². The molecule has 1 atom stereocenters. The van der Waals surface area contributed by atoms with Crippen molar-refractivity contribution in [1.82, 2.24) is 4.90 Å². The summed E-state index contributed by atoms with van der Waals surface area (Å²) in [5.41, 5.74) is 0.0853. The van der Waals surface area contributed by atoms with Crippen LogP contribution in [0.5, 0.6) is 0 Å². The van der Waals surface area contributed by atoms with Crippen LogP contribution < -0.4 is 5.32 Å². The maximum absolute atomic E-state index is 12.9. The number of benzene rings is 2. The third-order valence-electron chi connectivity index (χ3n) is 3.84. The van der Waals surface area contributed by atoms with Crippen LogP contribution in [0.1, 0.15) is 18.1 Å². The van der Waals surface area contributed by atoms with Crippen molar-refractivity contribution in [3.63, 3.8) is 0 Å². The summed E-state index contributed by atoms with van der Waals surface area (Å²) in [5.74, 6) is -0.773. The lowest BCUT2D eigenvalue weighted by molar-refractivity contribution is -0.137. The van der Waals surface area contributed by atoms with Crippen molar-refractivity contribution in [3.05, 3.63) is 65.5 Å². The normalized spacial score (nSPS) is 12.9. The second kappa shape index (κ2) is 7.65. The standard InChI is InChI=1S/C18H18F4N2O/c1-12(24(2)11-13-6-8-15(19)9-7-13)17(25)23-16-5-3-4-14(10-16)18(20,21)22/h3-10,12H,11H2,1-2H3,(H,23,25)/t12-/m1/s1. The van der Waals surface area contributed by atoms with E-state index in [4.69, 9.17) is 0 Å². The zero-order chi connectivity index (χ0) is 18.6. The molecule has 7 heteroatoms. The van der Waals surface area contributed by atoms with E-state index in [0.717, 1.165) is 17.7 Å². The Kier molecular flexibility index (Phi) is 5.79. The lowest BCUT2D eigenvalue weighted by Crippen LogP contribution is -2.39.